The Morgan fingerprint density at radius 3 is 2.70 bits per heavy atom. The molecule has 1 atom stereocenters. The van der Waals surface area contributed by atoms with E-state index >= 15 is 0 Å². The van der Waals surface area contributed by atoms with E-state index in [1.54, 1.807) is 55.6 Å². The van der Waals surface area contributed by atoms with E-state index in [1.165, 1.54) is 6.07 Å². The summed E-state index contributed by atoms with van der Waals surface area (Å²) in [6, 6.07) is 12.6. The molecular formula is C17H14FN3O2. The van der Waals surface area contributed by atoms with Gasteiger partial charge in [0.2, 0.25) is 0 Å². The number of hydrogen-bond acceptors (Lipinski definition) is 4. The minimum Gasteiger partial charge on any atom is -0.373 e. The Bertz CT molecular complexity index is 883. The first kappa shape index (κ1) is 14.9. The van der Waals surface area contributed by atoms with Gasteiger partial charge in [-0.05, 0) is 37.3 Å². The Hall–Kier alpha value is -3.02. The van der Waals surface area contributed by atoms with Crippen LogP contribution < -0.4 is 5.32 Å². The lowest BCUT2D eigenvalue weighted by Gasteiger charge is -2.17. The van der Waals surface area contributed by atoms with Gasteiger partial charge in [0.15, 0.2) is 0 Å². The molecule has 1 N–H and O–H groups in total. The second-order valence-corrected chi connectivity index (χ2v) is 5.18. The van der Waals surface area contributed by atoms with E-state index in [2.05, 4.69) is 10.3 Å². The van der Waals surface area contributed by atoms with Crippen LogP contribution in [0.3, 0.4) is 0 Å². The summed E-state index contributed by atoms with van der Waals surface area (Å²) in [7, 11) is 0. The molecule has 2 aromatic carbocycles. The predicted octanol–water partition coefficient (Wildman–Crippen LogP) is 4.46. The fraction of sp³-hybridized carbons (Fsp3) is 0.118. The zero-order valence-corrected chi connectivity index (χ0v) is 12.4. The number of aromatic nitrogens is 1. The summed E-state index contributed by atoms with van der Waals surface area (Å²) in [5.74, 6) is -0.349. The van der Waals surface area contributed by atoms with Gasteiger partial charge in [-0.2, -0.15) is 0 Å². The first-order valence-electron chi connectivity index (χ1n) is 7.11. The van der Waals surface area contributed by atoms with Gasteiger partial charge in [-0.15, -0.1) is 0 Å². The van der Waals surface area contributed by atoms with Gasteiger partial charge >= 0.3 is 5.69 Å². The topological polar surface area (TPSA) is 68.1 Å². The Balaban J connectivity index is 2.05. The molecule has 3 aromatic rings. The van der Waals surface area contributed by atoms with Crippen LogP contribution >= 0.6 is 0 Å². The zero-order valence-electron chi connectivity index (χ0n) is 12.4. The molecule has 116 valence electrons. The number of nitrogens with zero attached hydrogens (tertiary/aromatic N) is 2. The van der Waals surface area contributed by atoms with Gasteiger partial charge in [-0.1, -0.05) is 18.2 Å². The molecule has 23 heavy (non-hydrogen) atoms. The molecule has 0 amide bonds. The normalized spacial score (nSPS) is 12.1. The van der Waals surface area contributed by atoms with Crippen LogP contribution in [0.5, 0.6) is 0 Å². The highest BCUT2D eigenvalue weighted by molar-refractivity contribution is 5.94. The molecule has 1 heterocycles. The fourth-order valence-electron chi connectivity index (χ4n) is 2.59. The number of nitro benzene ring substituents is 1. The number of halogens is 1. The number of nitro groups is 1. The van der Waals surface area contributed by atoms with Gasteiger partial charge in [-0.3, -0.25) is 15.1 Å². The van der Waals surface area contributed by atoms with Crippen molar-refractivity contribution in [2.24, 2.45) is 0 Å². The van der Waals surface area contributed by atoms with Crippen molar-refractivity contribution in [3.05, 3.63) is 76.2 Å². The Morgan fingerprint density at radius 2 is 1.96 bits per heavy atom. The maximum Gasteiger partial charge on any atom is 0.301 e. The highest BCUT2D eigenvalue weighted by atomic mass is 19.1. The van der Waals surface area contributed by atoms with Crippen LogP contribution in [0.1, 0.15) is 18.5 Å². The van der Waals surface area contributed by atoms with Crippen molar-refractivity contribution in [2.45, 2.75) is 13.0 Å². The predicted molar refractivity (Wildman–Crippen MR) is 86.8 cm³/mol. The molecule has 0 saturated heterocycles. The summed E-state index contributed by atoms with van der Waals surface area (Å²) in [5.41, 5.74) is 1.28. The van der Waals surface area contributed by atoms with Crippen LogP contribution in [-0.4, -0.2) is 9.91 Å². The van der Waals surface area contributed by atoms with Gasteiger partial charge < -0.3 is 5.32 Å². The largest absolute Gasteiger partial charge is 0.373 e. The molecule has 0 spiro atoms. The molecule has 0 saturated carbocycles. The SMILES string of the molecule is CC(Nc1ccc2ncccc2c1[N+](=O)[O-])c1ccccc1F. The number of hydrogen-bond donors (Lipinski definition) is 1. The summed E-state index contributed by atoms with van der Waals surface area (Å²) < 4.78 is 13.9. The quantitative estimate of drug-likeness (QED) is 0.570. The minimum atomic E-state index is -0.444. The third kappa shape index (κ3) is 2.83. The van der Waals surface area contributed by atoms with E-state index in [1.807, 2.05) is 0 Å². The third-order valence-electron chi connectivity index (χ3n) is 3.68. The highest BCUT2D eigenvalue weighted by Crippen LogP contribution is 2.34. The van der Waals surface area contributed by atoms with Crippen molar-refractivity contribution in [1.29, 1.82) is 0 Å². The standard InChI is InChI=1S/C17H14FN3O2/c1-11(12-5-2-3-7-14(12)18)20-16-9-8-15-13(6-4-10-19-15)17(16)21(22)23/h2-11,20H,1H3. The Labute approximate surface area is 131 Å². The molecule has 6 heteroatoms. The summed E-state index contributed by atoms with van der Waals surface area (Å²) in [5, 5.41) is 15.0. The lowest BCUT2D eigenvalue weighted by molar-refractivity contribution is -0.382. The molecule has 1 aromatic heterocycles. The van der Waals surface area contributed by atoms with E-state index < -0.39 is 11.0 Å². The molecular weight excluding hydrogens is 297 g/mol. The van der Waals surface area contributed by atoms with Crippen LogP contribution in [0.25, 0.3) is 10.9 Å². The summed E-state index contributed by atoms with van der Waals surface area (Å²) >= 11 is 0. The van der Waals surface area contributed by atoms with E-state index in [-0.39, 0.29) is 11.5 Å². The average molecular weight is 311 g/mol. The van der Waals surface area contributed by atoms with Crippen molar-refractivity contribution in [3.63, 3.8) is 0 Å². The van der Waals surface area contributed by atoms with Crippen molar-refractivity contribution < 1.29 is 9.31 Å². The maximum atomic E-state index is 13.9. The van der Waals surface area contributed by atoms with E-state index in [9.17, 15) is 14.5 Å². The van der Waals surface area contributed by atoms with Crippen molar-refractivity contribution in [3.8, 4) is 0 Å². The van der Waals surface area contributed by atoms with Gasteiger partial charge in [0, 0.05) is 11.8 Å². The van der Waals surface area contributed by atoms with Crippen molar-refractivity contribution in [2.75, 3.05) is 5.32 Å². The van der Waals surface area contributed by atoms with Gasteiger partial charge in [0.25, 0.3) is 0 Å². The van der Waals surface area contributed by atoms with E-state index in [0.29, 0.717) is 22.2 Å². The summed E-state index contributed by atoms with van der Waals surface area (Å²) in [6.07, 6.45) is 1.58. The Kier molecular flexibility index (Phi) is 3.89. The number of rotatable bonds is 4. The molecule has 0 fully saturated rings. The summed E-state index contributed by atoms with van der Waals surface area (Å²) in [4.78, 5) is 15.2. The van der Waals surface area contributed by atoms with Crippen LogP contribution in [0, 0.1) is 15.9 Å². The van der Waals surface area contributed by atoms with Gasteiger partial charge in [0.1, 0.15) is 11.5 Å². The van der Waals surface area contributed by atoms with Crippen LogP contribution in [-0.2, 0) is 0 Å². The second-order valence-electron chi connectivity index (χ2n) is 5.18. The molecule has 0 aliphatic rings. The molecule has 3 rings (SSSR count). The second kappa shape index (κ2) is 6.00. The Morgan fingerprint density at radius 1 is 1.17 bits per heavy atom. The number of nitrogens with one attached hydrogen (secondary N) is 1. The van der Waals surface area contributed by atoms with Crippen molar-refractivity contribution >= 4 is 22.3 Å². The number of benzene rings is 2. The maximum absolute atomic E-state index is 13.9. The van der Waals surface area contributed by atoms with Crippen LogP contribution in [0.4, 0.5) is 15.8 Å². The van der Waals surface area contributed by atoms with Gasteiger partial charge in [-0.25, -0.2) is 4.39 Å². The number of fused-ring (bicyclic) bond motifs is 1. The van der Waals surface area contributed by atoms with Crippen LogP contribution in [0.15, 0.2) is 54.7 Å². The monoisotopic (exact) mass is 311 g/mol. The molecule has 0 bridgehead atoms. The molecule has 1 unspecified atom stereocenters. The number of anilines is 1. The summed E-state index contributed by atoms with van der Waals surface area (Å²) in [6.45, 7) is 1.76. The fourth-order valence-corrected chi connectivity index (χ4v) is 2.59. The van der Waals surface area contributed by atoms with Crippen LogP contribution in [0.2, 0.25) is 0 Å². The smallest absolute Gasteiger partial charge is 0.301 e. The molecule has 5 nitrogen and oxygen atoms in total. The van der Waals surface area contributed by atoms with Crippen molar-refractivity contribution in [1.82, 2.24) is 4.98 Å². The van der Waals surface area contributed by atoms with Gasteiger partial charge in [0.05, 0.1) is 21.9 Å². The first-order chi connectivity index (χ1) is 11.1. The van der Waals surface area contributed by atoms with E-state index in [4.69, 9.17) is 0 Å². The first-order valence-corrected chi connectivity index (χ1v) is 7.11. The molecule has 0 aliphatic carbocycles. The highest BCUT2D eigenvalue weighted by Gasteiger charge is 2.21. The number of pyridine rings is 1. The lowest BCUT2D eigenvalue weighted by Crippen LogP contribution is -2.10. The van der Waals surface area contributed by atoms with E-state index in [0.717, 1.165) is 0 Å². The third-order valence-corrected chi connectivity index (χ3v) is 3.68. The molecule has 0 aliphatic heterocycles. The lowest BCUT2D eigenvalue weighted by atomic mass is 10.1. The molecule has 0 radical (unpaired) electrons. The minimum absolute atomic E-state index is 0.0567. The average Bonchev–Trinajstić information content (AvgIpc) is 2.54. The zero-order chi connectivity index (χ0) is 16.4.